The fraction of sp³-hybridized carbons (Fsp3) is 0. The summed E-state index contributed by atoms with van der Waals surface area (Å²) in [5.74, 6) is 1.66. The van der Waals surface area contributed by atoms with Crippen molar-refractivity contribution in [3.05, 3.63) is 316 Å². The Bertz CT molecular complexity index is 5750. The van der Waals surface area contributed by atoms with Gasteiger partial charge >= 0.3 is 0 Å². The Morgan fingerprint density at radius 3 is 0.903 bits per heavy atom. The van der Waals surface area contributed by atoms with E-state index in [9.17, 15) is 0 Å². The highest BCUT2D eigenvalue weighted by atomic mass is 28.3. The summed E-state index contributed by atoms with van der Waals surface area (Å²) in [6.45, 7) is 0. The van der Waals surface area contributed by atoms with Crippen molar-refractivity contribution in [2.24, 2.45) is 0 Å². The molecule has 0 aliphatic carbocycles. The predicted octanol–water partition coefficient (Wildman–Crippen LogP) is 17.4. The highest BCUT2D eigenvalue weighted by Gasteiger charge is 2.59. The Hall–Kier alpha value is -12.3. The van der Waals surface area contributed by atoms with Gasteiger partial charge in [0.25, 0.3) is 0 Å². The van der Waals surface area contributed by atoms with Crippen LogP contribution in [0.5, 0.6) is 0 Å². The van der Waals surface area contributed by atoms with Crippen LogP contribution in [0.4, 0.5) is 0 Å². The molecule has 20 rings (SSSR count). The molecular formula is C84H52N8Si. The zero-order valence-corrected chi connectivity index (χ0v) is 51.1. The highest BCUT2D eigenvalue weighted by molar-refractivity contribution is 7.26. The van der Waals surface area contributed by atoms with E-state index < -0.39 is 8.07 Å². The van der Waals surface area contributed by atoms with Crippen molar-refractivity contribution in [2.45, 2.75) is 0 Å². The molecule has 0 atom stereocenters. The van der Waals surface area contributed by atoms with Gasteiger partial charge in [-0.3, -0.25) is 9.13 Å². The van der Waals surface area contributed by atoms with Gasteiger partial charge in [0.2, 0.25) is 0 Å². The molecule has 0 fully saturated rings. The van der Waals surface area contributed by atoms with Crippen LogP contribution in [0.3, 0.4) is 0 Å². The van der Waals surface area contributed by atoms with Crippen molar-refractivity contribution >= 4 is 94.8 Å². The first-order chi connectivity index (χ1) is 46.2. The Kier molecular flexibility index (Phi) is 11.0. The topological polar surface area (TPSA) is 71.3 Å². The van der Waals surface area contributed by atoms with Crippen LogP contribution in [0.15, 0.2) is 316 Å². The minimum absolute atomic E-state index is 0.793. The van der Waals surface area contributed by atoms with E-state index in [-0.39, 0.29) is 0 Å². The summed E-state index contributed by atoms with van der Waals surface area (Å²) in [6, 6.07) is 112. The number of imidazole rings is 2. The summed E-state index contributed by atoms with van der Waals surface area (Å²) >= 11 is 0. The van der Waals surface area contributed by atoms with E-state index in [1.165, 1.54) is 75.7 Å². The Morgan fingerprint density at radius 1 is 0.226 bits per heavy atom. The quantitative estimate of drug-likeness (QED) is 0.142. The first-order valence-corrected chi connectivity index (χ1v) is 33.7. The molecule has 0 amide bonds. The molecule has 0 N–H and O–H groups in total. The van der Waals surface area contributed by atoms with Crippen molar-refractivity contribution in [1.82, 2.24) is 38.2 Å². The second kappa shape index (κ2) is 19.8. The average molecular weight is 1200 g/mol. The Morgan fingerprint density at radius 2 is 0.516 bits per heavy atom. The molecule has 9 heteroatoms. The maximum absolute atomic E-state index is 5.80. The largest absolute Gasteiger partial charge is 0.309 e. The van der Waals surface area contributed by atoms with Crippen molar-refractivity contribution in [1.29, 1.82) is 0 Å². The van der Waals surface area contributed by atoms with Crippen molar-refractivity contribution in [3.63, 3.8) is 0 Å². The lowest BCUT2D eigenvalue weighted by molar-refractivity contribution is 1.08. The van der Waals surface area contributed by atoms with Crippen LogP contribution in [-0.4, -0.2) is 46.3 Å². The first-order valence-electron chi connectivity index (χ1n) is 31.7. The minimum atomic E-state index is -4.02. The summed E-state index contributed by atoms with van der Waals surface area (Å²) in [4.78, 5) is 21.9. The van der Waals surface area contributed by atoms with E-state index in [1.54, 1.807) is 0 Å². The zero-order valence-electron chi connectivity index (χ0n) is 50.1. The van der Waals surface area contributed by atoms with E-state index >= 15 is 0 Å². The standard InChI is InChI=1S/C84H52N8Si/c1-5-25-53(26-6-1)89-73-49-15-13-33-57(73)59-35-17-37-61(75(59)89)63-39-19-41-65-66-42-20-40-64(62-38-18-36-60-58-34-14-16-50-74(58)90(76(60)62)54-27-7-2-8-28-54)78(66)93(77(63)65)79-67(43-21-45-69(79)81-87-71-47-23-51-85-83(71)91(81)55-29-9-3-10-30-55)68-44-22-46-70(80(68)93)82-88-72-48-24-52-86-84(72)92(82)56-31-11-4-12-32-56/h1-52H. The van der Waals surface area contributed by atoms with Gasteiger partial charge in [-0.05, 0) is 139 Å². The second-order valence-electron chi connectivity index (χ2n) is 24.3. The summed E-state index contributed by atoms with van der Waals surface area (Å²) in [5, 5.41) is 9.97. The van der Waals surface area contributed by atoms with Gasteiger partial charge in [-0.2, -0.15) is 0 Å². The number of aromatic nitrogens is 8. The van der Waals surface area contributed by atoms with Gasteiger partial charge in [-0.15, -0.1) is 0 Å². The molecule has 0 saturated carbocycles. The molecule has 1 spiro atoms. The van der Waals surface area contributed by atoms with Gasteiger partial charge in [-0.1, -0.05) is 218 Å². The van der Waals surface area contributed by atoms with Crippen molar-refractivity contribution < 1.29 is 0 Å². The molecule has 6 aromatic heterocycles. The molecule has 8 nitrogen and oxygen atoms in total. The van der Waals surface area contributed by atoms with Crippen molar-refractivity contribution in [3.8, 4) is 90.0 Å². The van der Waals surface area contributed by atoms with Crippen molar-refractivity contribution in [2.75, 3.05) is 0 Å². The number of nitrogens with zero attached hydrogens (tertiary/aromatic N) is 8. The lowest BCUT2D eigenvalue weighted by Crippen LogP contribution is -2.72. The summed E-state index contributed by atoms with van der Waals surface area (Å²) in [5.41, 5.74) is 23.6. The number of para-hydroxylation sites is 8. The molecule has 12 aromatic carbocycles. The minimum Gasteiger partial charge on any atom is -0.309 e. The smallest absolute Gasteiger partial charge is 0.184 e. The maximum atomic E-state index is 5.80. The van der Waals surface area contributed by atoms with Crippen LogP contribution in [-0.2, 0) is 0 Å². The predicted molar refractivity (Wildman–Crippen MR) is 383 cm³/mol. The van der Waals surface area contributed by atoms with E-state index in [2.05, 4.69) is 309 Å². The maximum Gasteiger partial charge on any atom is 0.184 e. The monoisotopic (exact) mass is 1200 g/mol. The molecule has 432 valence electrons. The number of fused-ring (bicyclic) bond motifs is 18. The van der Waals surface area contributed by atoms with Gasteiger partial charge in [0.05, 0.1) is 22.1 Å². The van der Waals surface area contributed by atoms with E-state index in [0.717, 1.165) is 101 Å². The first kappa shape index (κ1) is 51.6. The molecule has 18 aromatic rings. The molecule has 0 radical (unpaired) electrons. The second-order valence-corrected chi connectivity index (χ2v) is 27.8. The van der Waals surface area contributed by atoms with Gasteiger partial charge in [0.1, 0.15) is 22.7 Å². The van der Waals surface area contributed by atoms with Crippen LogP contribution in [0.1, 0.15) is 0 Å². The summed E-state index contributed by atoms with van der Waals surface area (Å²) in [6.07, 6.45) is 3.78. The van der Waals surface area contributed by atoms with Crippen LogP contribution in [0.25, 0.3) is 156 Å². The fourth-order valence-corrected chi connectivity index (χ4v) is 22.7. The molecule has 0 saturated heterocycles. The molecule has 8 heterocycles. The molecule has 93 heavy (non-hydrogen) atoms. The number of rotatable bonds is 8. The van der Waals surface area contributed by atoms with Crippen LogP contribution >= 0.6 is 0 Å². The molecule has 2 aliphatic heterocycles. The number of benzene rings is 12. The third kappa shape index (κ3) is 7.13. The summed E-state index contributed by atoms with van der Waals surface area (Å²) in [7, 11) is -4.02. The van der Waals surface area contributed by atoms with Crippen LogP contribution < -0.4 is 20.7 Å². The molecule has 0 bridgehead atoms. The fourth-order valence-electron chi connectivity index (χ4n) is 16.3. The van der Waals surface area contributed by atoms with E-state index in [0.29, 0.717) is 0 Å². The average Bonchev–Trinajstić information content (AvgIpc) is 1.49. The lowest BCUT2D eigenvalue weighted by Gasteiger charge is -2.34. The number of hydrogen-bond donors (Lipinski definition) is 0. The van der Waals surface area contributed by atoms with Gasteiger partial charge in [0.15, 0.2) is 19.4 Å². The SMILES string of the molecule is c1ccc(-n2c(-c3cccc4c3[Si]3(c5c(cccc5-c5cccc6c7ccccc7n(-c7ccccc7)c56)-c5cccc(-c6cccc7c8ccccc8n(-c8ccccc8)c67)c53)c3c-4cccc3-c3nc4cccnc4n3-c3ccccc3)nc3cccnc32)cc1. The lowest BCUT2D eigenvalue weighted by atomic mass is 9.94. The third-order valence-electron chi connectivity index (χ3n) is 19.7. The van der Waals surface area contributed by atoms with Crippen LogP contribution in [0, 0.1) is 0 Å². The highest BCUT2D eigenvalue weighted by Crippen LogP contribution is 2.49. The third-order valence-corrected chi connectivity index (χ3v) is 24.8. The van der Waals surface area contributed by atoms with Gasteiger partial charge in [-0.25, -0.2) is 19.9 Å². The van der Waals surface area contributed by atoms with Gasteiger partial charge < -0.3 is 9.13 Å². The normalized spacial score (nSPS) is 12.8. The van der Waals surface area contributed by atoms with Crippen LogP contribution in [0.2, 0.25) is 0 Å². The number of hydrogen-bond acceptors (Lipinski definition) is 4. The van der Waals surface area contributed by atoms with E-state index in [1.807, 2.05) is 24.5 Å². The van der Waals surface area contributed by atoms with E-state index in [4.69, 9.17) is 19.9 Å². The van der Waals surface area contributed by atoms with Gasteiger partial charge in [0, 0.05) is 78.9 Å². The molecule has 0 unspecified atom stereocenters. The Balaban J connectivity index is 1.02. The molecular weight excluding hydrogens is 1150 g/mol. The number of pyridine rings is 2. The molecule has 2 aliphatic rings. The Labute approximate surface area is 535 Å². The summed E-state index contributed by atoms with van der Waals surface area (Å²) < 4.78 is 9.60. The zero-order chi connectivity index (χ0) is 60.9.